The normalized spacial score (nSPS) is 17.5. The average molecular weight is 317 g/mol. The fraction of sp³-hybridized carbons (Fsp3) is 0.375. The van der Waals surface area contributed by atoms with Crippen molar-refractivity contribution in [3.63, 3.8) is 0 Å². The Labute approximate surface area is 119 Å². The topological polar surface area (TPSA) is 0 Å². The van der Waals surface area contributed by atoms with E-state index in [9.17, 15) is 0 Å². The van der Waals surface area contributed by atoms with Crippen molar-refractivity contribution in [1.82, 2.24) is 0 Å². The SMILES string of the molecule is C1=C\CC/C=C\CC/1.Cc1cccc(C)c1.[Rh]. The molecule has 1 aliphatic carbocycles. The molecule has 0 N–H and O–H groups in total. The molecule has 0 bridgehead atoms. The third-order valence-electron chi connectivity index (χ3n) is 2.51. The predicted molar refractivity (Wildman–Crippen MR) is 72.7 cm³/mol. The van der Waals surface area contributed by atoms with E-state index in [4.69, 9.17) is 0 Å². The summed E-state index contributed by atoms with van der Waals surface area (Å²) in [7, 11) is 0. The maximum absolute atomic E-state index is 2.27. The van der Waals surface area contributed by atoms with Crippen molar-refractivity contribution in [2.24, 2.45) is 0 Å². The van der Waals surface area contributed by atoms with Crippen molar-refractivity contribution >= 4 is 0 Å². The minimum atomic E-state index is 0. The zero-order valence-corrected chi connectivity index (χ0v) is 12.4. The molecule has 0 heterocycles. The number of rotatable bonds is 0. The molecule has 0 aliphatic heterocycles. The van der Waals surface area contributed by atoms with Gasteiger partial charge in [-0.2, -0.15) is 0 Å². The van der Waals surface area contributed by atoms with Crippen molar-refractivity contribution in [1.29, 1.82) is 0 Å². The van der Waals surface area contributed by atoms with E-state index in [2.05, 4.69) is 62.4 Å². The third-order valence-corrected chi connectivity index (χ3v) is 2.51. The molecule has 1 radical (unpaired) electrons. The molecular weight excluding hydrogens is 295 g/mol. The molecule has 1 aliphatic rings. The Morgan fingerprint density at radius 2 is 1.06 bits per heavy atom. The zero-order valence-electron chi connectivity index (χ0n) is 10.8. The van der Waals surface area contributed by atoms with Gasteiger partial charge in [0, 0.05) is 19.5 Å². The first-order chi connectivity index (χ1) is 7.79. The van der Waals surface area contributed by atoms with Gasteiger partial charge in [0.2, 0.25) is 0 Å². The molecule has 0 nitrogen and oxygen atoms in total. The summed E-state index contributed by atoms with van der Waals surface area (Å²) in [5.74, 6) is 0. The molecule has 0 aromatic heterocycles. The van der Waals surface area contributed by atoms with Crippen LogP contribution in [0.25, 0.3) is 0 Å². The minimum Gasteiger partial charge on any atom is -0.0882 e. The number of benzene rings is 1. The van der Waals surface area contributed by atoms with Gasteiger partial charge in [-0.15, -0.1) is 0 Å². The Balaban J connectivity index is 0.000000284. The van der Waals surface area contributed by atoms with Crippen molar-refractivity contribution in [2.75, 3.05) is 0 Å². The molecule has 95 valence electrons. The molecule has 0 saturated carbocycles. The fourth-order valence-electron chi connectivity index (χ4n) is 1.66. The molecule has 1 aromatic rings. The fourth-order valence-corrected chi connectivity index (χ4v) is 1.66. The van der Waals surface area contributed by atoms with E-state index in [0.29, 0.717) is 0 Å². The van der Waals surface area contributed by atoms with Crippen LogP contribution >= 0.6 is 0 Å². The van der Waals surface area contributed by atoms with E-state index in [1.807, 2.05) is 0 Å². The molecule has 0 fully saturated rings. The van der Waals surface area contributed by atoms with Crippen molar-refractivity contribution < 1.29 is 19.5 Å². The number of allylic oxidation sites excluding steroid dienone is 4. The minimum absolute atomic E-state index is 0. The quantitative estimate of drug-likeness (QED) is 0.468. The second-order valence-corrected chi connectivity index (χ2v) is 4.26. The largest absolute Gasteiger partial charge is 0.0882 e. The van der Waals surface area contributed by atoms with E-state index in [0.717, 1.165) is 0 Å². The summed E-state index contributed by atoms with van der Waals surface area (Å²) in [5, 5.41) is 0. The Hall–Kier alpha value is -0.677. The first-order valence-corrected chi connectivity index (χ1v) is 6.12. The molecule has 0 amide bonds. The summed E-state index contributed by atoms with van der Waals surface area (Å²) in [5.41, 5.74) is 2.68. The summed E-state index contributed by atoms with van der Waals surface area (Å²) in [6.45, 7) is 4.21. The molecular formula is C16H22Rh. The molecule has 17 heavy (non-hydrogen) atoms. The number of hydrogen-bond donors (Lipinski definition) is 0. The van der Waals surface area contributed by atoms with Gasteiger partial charge in [-0.05, 0) is 39.5 Å². The van der Waals surface area contributed by atoms with Crippen LogP contribution in [-0.2, 0) is 19.5 Å². The first kappa shape index (κ1) is 16.3. The summed E-state index contributed by atoms with van der Waals surface area (Å²) in [4.78, 5) is 0. The summed E-state index contributed by atoms with van der Waals surface area (Å²) < 4.78 is 0. The van der Waals surface area contributed by atoms with Gasteiger partial charge in [-0.3, -0.25) is 0 Å². The number of aryl methyl sites for hydroxylation is 2. The maximum atomic E-state index is 2.27. The Morgan fingerprint density at radius 1 is 0.706 bits per heavy atom. The smallest absolute Gasteiger partial charge is 0 e. The molecule has 0 atom stereocenters. The van der Waals surface area contributed by atoms with E-state index < -0.39 is 0 Å². The van der Waals surface area contributed by atoms with Crippen LogP contribution in [0.5, 0.6) is 0 Å². The van der Waals surface area contributed by atoms with E-state index in [-0.39, 0.29) is 19.5 Å². The van der Waals surface area contributed by atoms with Crippen LogP contribution in [0, 0.1) is 13.8 Å². The predicted octanol–water partition coefficient (Wildman–Crippen LogP) is 4.97. The van der Waals surface area contributed by atoms with Crippen molar-refractivity contribution in [3.05, 3.63) is 59.7 Å². The van der Waals surface area contributed by atoms with Crippen LogP contribution < -0.4 is 0 Å². The second kappa shape index (κ2) is 10.5. The van der Waals surface area contributed by atoms with Crippen LogP contribution in [-0.4, -0.2) is 0 Å². The zero-order chi connectivity index (χ0) is 11.6. The van der Waals surface area contributed by atoms with Crippen molar-refractivity contribution in [3.8, 4) is 0 Å². The van der Waals surface area contributed by atoms with Crippen LogP contribution in [0.1, 0.15) is 36.8 Å². The van der Waals surface area contributed by atoms with E-state index in [1.54, 1.807) is 0 Å². The Morgan fingerprint density at radius 3 is 1.29 bits per heavy atom. The standard InChI is InChI=1S/C8H10.C8H12.Rh/c1-7-4-3-5-8(2)6-7;1-2-4-6-8-7-5-3-1;/h3-6H,1-2H3;1-2,7-8H,3-6H2;/b;2-1-,8-7-;. The van der Waals surface area contributed by atoms with E-state index >= 15 is 0 Å². The molecule has 1 heteroatoms. The monoisotopic (exact) mass is 317 g/mol. The van der Waals surface area contributed by atoms with Crippen LogP contribution in [0.3, 0.4) is 0 Å². The number of hydrogen-bond acceptors (Lipinski definition) is 0. The Bertz CT molecular complexity index is 307. The molecule has 1 aromatic carbocycles. The van der Waals surface area contributed by atoms with Gasteiger partial charge >= 0.3 is 0 Å². The molecule has 2 rings (SSSR count). The first-order valence-electron chi connectivity index (χ1n) is 6.12. The summed E-state index contributed by atoms with van der Waals surface area (Å²) in [6, 6.07) is 8.45. The molecule has 0 spiro atoms. The van der Waals surface area contributed by atoms with Crippen LogP contribution in [0.15, 0.2) is 48.6 Å². The van der Waals surface area contributed by atoms with Crippen LogP contribution in [0.2, 0.25) is 0 Å². The van der Waals surface area contributed by atoms with E-state index in [1.165, 1.54) is 36.8 Å². The maximum Gasteiger partial charge on any atom is 0 e. The van der Waals surface area contributed by atoms with Gasteiger partial charge < -0.3 is 0 Å². The van der Waals surface area contributed by atoms with Crippen molar-refractivity contribution in [2.45, 2.75) is 39.5 Å². The van der Waals surface area contributed by atoms with Crippen LogP contribution in [0.4, 0.5) is 0 Å². The Kier molecular flexibility index (Phi) is 10.1. The van der Waals surface area contributed by atoms with Gasteiger partial charge in [0.05, 0.1) is 0 Å². The van der Waals surface area contributed by atoms with Gasteiger partial charge in [-0.25, -0.2) is 0 Å². The van der Waals surface area contributed by atoms with Gasteiger partial charge in [0.1, 0.15) is 0 Å². The van der Waals surface area contributed by atoms with Gasteiger partial charge in [0.25, 0.3) is 0 Å². The second-order valence-electron chi connectivity index (χ2n) is 4.26. The summed E-state index contributed by atoms with van der Waals surface area (Å²) >= 11 is 0. The average Bonchev–Trinajstić information content (AvgIpc) is 2.16. The van der Waals surface area contributed by atoms with Gasteiger partial charge in [-0.1, -0.05) is 59.7 Å². The molecule has 0 saturated heterocycles. The van der Waals surface area contributed by atoms with Gasteiger partial charge in [0.15, 0.2) is 0 Å². The third kappa shape index (κ3) is 9.06. The summed E-state index contributed by atoms with van der Waals surface area (Å²) in [6.07, 6.45) is 14.0. The molecule has 0 unspecified atom stereocenters.